The zero-order valence-corrected chi connectivity index (χ0v) is 16.5. The molecule has 146 valence electrons. The molecule has 28 heavy (non-hydrogen) atoms. The molecule has 1 aliphatic heterocycles. The fraction of sp³-hybridized carbons (Fsp3) is 0.316. The number of carbonyl (C=O) groups excluding carboxylic acids is 1. The highest BCUT2D eigenvalue weighted by Gasteiger charge is 2.35. The number of thiophene rings is 1. The number of ketones is 1. The monoisotopic (exact) mass is 423 g/mol. The van der Waals surface area contributed by atoms with E-state index in [1.54, 1.807) is 24.3 Å². The van der Waals surface area contributed by atoms with Crippen LogP contribution in [0, 0.1) is 0 Å². The van der Waals surface area contributed by atoms with E-state index in [9.17, 15) is 18.0 Å². The lowest BCUT2D eigenvalue weighted by Crippen LogP contribution is -2.41. The number of fused-ring (bicyclic) bond motifs is 1. The van der Waals surface area contributed by atoms with Gasteiger partial charge in [-0.3, -0.25) is 4.79 Å². The Balaban J connectivity index is 1.53. The summed E-state index contributed by atoms with van der Waals surface area (Å²) in [5.74, 6) is -0.800. The average Bonchev–Trinajstić information content (AvgIpc) is 3.12. The van der Waals surface area contributed by atoms with Gasteiger partial charge in [-0.2, -0.15) is 13.2 Å². The molecule has 2 aromatic heterocycles. The Morgan fingerprint density at radius 1 is 1.21 bits per heavy atom. The first kappa shape index (κ1) is 19.4. The van der Waals surface area contributed by atoms with Crippen LogP contribution in [0.25, 0.3) is 10.9 Å². The Hall–Kier alpha value is -1.97. The molecule has 0 unspecified atom stereocenters. The molecule has 1 saturated heterocycles. The van der Waals surface area contributed by atoms with Crippen LogP contribution in [0.5, 0.6) is 0 Å². The number of likely N-dealkylation sites (N-methyl/N-ethyl adjacent to an activating group) is 1. The molecule has 0 saturated carbocycles. The van der Waals surface area contributed by atoms with Gasteiger partial charge in [0.25, 0.3) is 0 Å². The van der Waals surface area contributed by atoms with E-state index < -0.39 is 12.0 Å². The van der Waals surface area contributed by atoms with E-state index >= 15 is 0 Å². The predicted molar refractivity (Wildman–Crippen MR) is 104 cm³/mol. The van der Waals surface area contributed by atoms with Crippen molar-refractivity contribution >= 4 is 39.8 Å². The number of nitrogens with zero attached hydrogens (tertiary/aromatic N) is 3. The summed E-state index contributed by atoms with van der Waals surface area (Å²) < 4.78 is 39.3. The minimum Gasteiger partial charge on any atom is -0.305 e. The van der Waals surface area contributed by atoms with Gasteiger partial charge in [-0.25, -0.2) is 9.97 Å². The number of hydrogen-bond acceptors (Lipinski definition) is 6. The van der Waals surface area contributed by atoms with Crippen molar-refractivity contribution in [2.45, 2.75) is 17.1 Å². The number of thioether (sulfide) groups is 1. The summed E-state index contributed by atoms with van der Waals surface area (Å²) in [6, 6.07) is 10.3. The maximum atomic E-state index is 13.1. The molecule has 0 bridgehead atoms. The maximum absolute atomic E-state index is 13.1. The number of likely N-dealkylation sites (tertiary alicyclic amines) is 1. The van der Waals surface area contributed by atoms with E-state index in [1.807, 2.05) is 13.1 Å². The van der Waals surface area contributed by atoms with Crippen LogP contribution in [-0.2, 0) is 6.18 Å². The third kappa shape index (κ3) is 3.92. The van der Waals surface area contributed by atoms with Crippen LogP contribution in [0.3, 0.4) is 0 Å². The number of halogens is 3. The van der Waals surface area contributed by atoms with Crippen molar-refractivity contribution < 1.29 is 18.0 Å². The van der Waals surface area contributed by atoms with E-state index in [-0.39, 0.29) is 22.1 Å². The zero-order chi connectivity index (χ0) is 19.9. The Labute approximate surface area is 167 Å². The van der Waals surface area contributed by atoms with Gasteiger partial charge in [0.05, 0.1) is 16.1 Å². The maximum Gasteiger partial charge on any atom is 0.451 e. The molecule has 1 aliphatic rings. The lowest BCUT2D eigenvalue weighted by molar-refractivity contribution is -0.145. The predicted octanol–water partition coefficient (Wildman–Crippen LogP) is 4.71. The Kier molecular flexibility index (Phi) is 5.15. The lowest BCUT2D eigenvalue weighted by Gasteiger charge is -2.35. The molecule has 0 spiro atoms. The topological polar surface area (TPSA) is 46.1 Å². The molecule has 0 aliphatic carbocycles. The first-order valence-corrected chi connectivity index (χ1v) is 10.4. The second kappa shape index (κ2) is 7.46. The second-order valence-corrected chi connectivity index (χ2v) is 8.78. The number of Topliss-reactive ketones (excluding diaryl/α,β-unsaturated/α-hetero) is 1. The molecule has 3 aromatic rings. The van der Waals surface area contributed by atoms with Crippen LogP contribution >= 0.6 is 23.1 Å². The largest absolute Gasteiger partial charge is 0.451 e. The summed E-state index contributed by atoms with van der Waals surface area (Å²) in [6.45, 7) is 1.96. The van der Waals surface area contributed by atoms with E-state index in [0.29, 0.717) is 16.2 Å². The highest BCUT2D eigenvalue weighted by molar-refractivity contribution is 8.00. The molecule has 9 heteroatoms. The number of alkyl halides is 3. The lowest BCUT2D eigenvalue weighted by atomic mass is 10.00. The number of benzene rings is 1. The average molecular weight is 423 g/mol. The summed E-state index contributed by atoms with van der Waals surface area (Å²) in [6.07, 6.45) is -4.64. The van der Waals surface area contributed by atoms with Crippen molar-refractivity contribution in [3.63, 3.8) is 0 Å². The summed E-state index contributed by atoms with van der Waals surface area (Å²) >= 11 is 2.49. The number of hydrogen-bond donors (Lipinski definition) is 0. The van der Waals surface area contributed by atoms with Crippen molar-refractivity contribution in [3.8, 4) is 0 Å². The van der Waals surface area contributed by atoms with Gasteiger partial charge >= 0.3 is 6.18 Å². The second-order valence-electron chi connectivity index (χ2n) is 6.70. The van der Waals surface area contributed by atoms with Gasteiger partial charge in [0.2, 0.25) is 5.82 Å². The summed E-state index contributed by atoms with van der Waals surface area (Å²) in [5.41, 5.74) is 0.215. The first-order chi connectivity index (χ1) is 13.3. The van der Waals surface area contributed by atoms with Gasteiger partial charge in [0.1, 0.15) is 5.03 Å². The molecule has 3 heterocycles. The van der Waals surface area contributed by atoms with Gasteiger partial charge in [-0.1, -0.05) is 30.0 Å². The molecule has 4 rings (SSSR count). The summed E-state index contributed by atoms with van der Waals surface area (Å²) in [4.78, 5) is 23.8. The molecule has 0 atom stereocenters. The van der Waals surface area contributed by atoms with E-state index in [0.717, 1.165) is 24.9 Å². The molecule has 1 fully saturated rings. The standard InChI is InChI=1S/C19H16F3N3OS2/c1-25-8-11(9-25)15-6-7-16(28-15)14(26)10-27-17-12-4-2-3-5-13(12)23-18(24-17)19(20,21)22/h2-7,11H,8-10H2,1H3. The number of aromatic nitrogens is 2. The van der Waals surface area contributed by atoms with Crippen LogP contribution in [0.2, 0.25) is 0 Å². The summed E-state index contributed by atoms with van der Waals surface area (Å²) in [5, 5.41) is 0.682. The SMILES string of the molecule is CN1CC(c2ccc(C(=O)CSc3nc(C(F)(F)F)nc4ccccc34)s2)C1. The zero-order valence-electron chi connectivity index (χ0n) is 14.9. The Morgan fingerprint density at radius 3 is 2.68 bits per heavy atom. The molecule has 1 aromatic carbocycles. The molecular formula is C19H16F3N3OS2. The minimum absolute atomic E-state index is 0.0306. The van der Waals surface area contributed by atoms with Crippen molar-refractivity contribution in [2.24, 2.45) is 0 Å². The van der Waals surface area contributed by atoms with Gasteiger partial charge in [0, 0.05) is 29.3 Å². The highest BCUT2D eigenvalue weighted by Crippen LogP contribution is 2.34. The number of rotatable bonds is 5. The van der Waals surface area contributed by atoms with E-state index in [4.69, 9.17) is 0 Å². The van der Waals surface area contributed by atoms with Crippen LogP contribution in [0.15, 0.2) is 41.4 Å². The minimum atomic E-state index is -4.64. The van der Waals surface area contributed by atoms with Crippen LogP contribution in [-0.4, -0.2) is 46.5 Å². The normalized spacial score (nSPS) is 15.7. The molecular weight excluding hydrogens is 407 g/mol. The van der Waals surface area contributed by atoms with E-state index in [2.05, 4.69) is 14.9 Å². The van der Waals surface area contributed by atoms with Crippen molar-refractivity contribution in [1.82, 2.24) is 14.9 Å². The highest BCUT2D eigenvalue weighted by atomic mass is 32.2. The fourth-order valence-corrected chi connectivity index (χ4v) is 5.11. The number of carbonyl (C=O) groups is 1. The van der Waals surface area contributed by atoms with Crippen molar-refractivity contribution in [2.75, 3.05) is 25.9 Å². The molecule has 0 N–H and O–H groups in total. The molecule has 0 radical (unpaired) electrons. The molecule has 4 nitrogen and oxygen atoms in total. The van der Waals surface area contributed by atoms with Gasteiger partial charge in [0.15, 0.2) is 5.78 Å². The quantitative estimate of drug-likeness (QED) is 0.338. The fourth-order valence-electron chi connectivity index (χ4n) is 3.09. The van der Waals surface area contributed by atoms with Crippen molar-refractivity contribution in [3.05, 3.63) is 52.0 Å². The Bertz CT molecular complexity index is 1030. The smallest absolute Gasteiger partial charge is 0.305 e. The third-order valence-electron chi connectivity index (χ3n) is 4.53. The first-order valence-electron chi connectivity index (χ1n) is 8.59. The molecule has 0 amide bonds. The Morgan fingerprint density at radius 2 is 1.96 bits per heavy atom. The van der Waals surface area contributed by atoms with Crippen molar-refractivity contribution in [1.29, 1.82) is 0 Å². The third-order valence-corrected chi connectivity index (χ3v) is 6.81. The summed E-state index contributed by atoms with van der Waals surface area (Å²) in [7, 11) is 2.05. The van der Waals surface area contributed by atoms with Crippen LogP contribution < -0.4 is 0 Å². The van der Waals surface area contributed by atoms with Crippen LogP contribution in [0.1, 0.15) is 26.3 Å². The van der Waals surface area contributed by atoms with E-state index in [1.165, 1.54) is 22.3 Å². The van der Waals surface area contributed by atoms with Crippen LogP contribution in [0.4, 0.5) is 13.2 Å². The van der Waals surface area contributed by atoms with Gasteiger partial charge < -0.3 is 4.90 Å². The number of para-hydroxylation sites is 1. The van der Waals surface area contributed by atoms with Gasteiger partial charge in [-0.05, 0) is 25.2 Å². The van der Waals surface area contributed by atoms with Gasteiger partial charge in [-0.15, -0.1) is 11.3 Å².